The van der Waals surface area contributed by atoms with Crippen molar-refractivity contribution in [2.45, 2.75) is 21.5 Å². The summed E-state index contributed by atoms with van der Waals surface area (Å²) in [5.74, 6) is 0.488. The number of fused-ring (bicyclic) bond motifs is 1. The summed E-state index contributed by atoms with van der Waals surface area (Å²) >= 11 is 1.43. The van der Waals surface area contributed by atoms with Crippen molar-refractivity contribution < 1.29 is 13.2 Å². The molecule has 2 heterocycles. The van der Waals surface area contributed by atoms with Gasteiger partial charge in [-0.15, -0.1) is 11.8 Å². The molecule has 0 radical (unpaired) electrons. The zero-order valence-corrected chi connectivity index (χ0v) is 14.0. The van der Waals surface area contributed by atoms with Crippen molar-refractivity contribution in [2.24, 2.45) is 0 Å². The molecule has 7 nitrogen and oxygen atoms in total. The molecule has 23 heavy (non-hydrogen) atoms. The van der Waals surface area contributed by atoms with Gasteiger partial charge in [-0.1, -0.05) is 0 Å². The highest BCUT2D eigenvalue weighted by Crippen LogP contribution is 2.48. The molecule has 2 N–H and O–H groups in total. The highest BCUT2D eigenvalue weighted by Gasteiger charge is 2.36. The molecule has 1 atom stereocenters. The van der Waals surface area contributed by atoms with E-state index < -0.39 is 25.7 Å². The van der Waals surface area contributed by atoms with Gasteiger partial charge in [0.15, 0.2) is 9.84 Å². The van der Waals surface area contributed by atoms with Gasteiger partial charge in [-0.2, -0.15) is 0 Å². The molecule has 1 aromatic carbocycles. The van der Waals surface area contributed by atoms with Gasteiger partial charge < -0.3 is 14.7 Å². The highest BCUT2D eigenvalue weighted by atomic mass is 32.2. The summed E-state index contributed by atoms with van der Waals surface area (Å²) in [5.41, 5.74) is -0.898. The lowest BCUT2D eigenvalue weighted by Crippen LogP contribution is -2.37. The lowest BCUT2D eigenvalue weighted by Gasteiger charge is -2.33. The Bertz CT molecular complexity index is 993. The van der Waals surface area contributed by atoms with E-state index in [1.165, 1.54) is 30.1 Å². The first-order chi connectivity index (χ1) is 10.7. The number of aromatic amines is 2. The van der Waals surface area contributed by atoms with Crippen molar-refractivity contribution in [3.05, 3.63) is 50.8 Å². The molecule has 0 saturated heterocycles. The first-order valence-electron chi connectivity index (χ1n) is 6.67. The molecule has 0 fully saturated rings. The minimum atomic E-state index is -3.30. The Hall–Kier alpha value is -2.00. The van der Waals surface area contributed by atoms with Crippen LogP contribution < -0.4 is 15.9 Å². The molecule has 0 amide bonds. The van der Waals surface area contributed by atoms with Gasteiger partial charge in [-0.05, 0) is 25.1 Å². The third-order valence-corrected chi connectivity index (χ3v) is 6.01. The number of H-pyrrole nitrogens is 2. The molecular formula is C14H14N2O5S2. The number of thioether (sulfide) groups is 1. The predicted octanol–water partition coefficient (Wildman–Crippen LogP) is 0.867. The summed E-state index contributed by atoms with van der Waals surface area (Å²) in [6.07, 6.45) is 2.59. The Morgan fingerprint density at radius 3 is 2.65 bits per heavy atom. The smallest absolute Gasteiger partial charge is 0.313 e. The second kappa shape index (κ2) is 5.27. The van der Waals surface area contributed by atoms with E-state index in [1.54, 1.807) is 6.07 Å². The van der Waals surface area contributed by atoms with Gasteiger partial charge >= 0.3 is 11.1 Å². The standard InChI is InChI=1S/C14H14N2O5S2/c1-14(11-6-15-12(17)13(18)16-11)7-21-9-5-8(23(2,19)20)3-4-10(9)22-14/h3-6H,7H2,1-2H3,(H,15,17)(H,16,18)/t14-/m0/s1. The van der Waals surface area contributed by atoms with Crippen LogP contribution >= 0.6 is 11.8 Å². The van der Waals surface area contributed by atoms with Crippen molar-refractivity contribution in [2.75, 3.05) is 12.9 Å². The van der Waals surface area contributed by atoms with Gasteiger partial charge in [0.05, 0.1) is 20.2 Å². The molecule has 2 aromatic rings. The molecule has 122 valence electrons. The van der Waals surface area contributed by atoms with E-state index in [-0.39, 0.29) is 11.5 Å². The van der Waals surface area contributed by atoms with Crippen LogP contribution in [-0.2, 0) is 14.6 Å². The maximum absolute atomic E-state index is 11.6. The molecule has 0 aliphatic carbocycles. The maximum atomic E-state index is 11.6. The average Bonchev–Trinajstić information content (AvgIpc) is 2.48. The van der Waals surface area contributed by atoms with Crippen LogP contribution in [0.3, 0.4) is 0 Å². The van der Waals surface area contributed by atoms with Crippen molar-refractivity contribution in [3.63, 3.8) is 0 Å². The van der Waals surface area contributed by atoms with Crippen LogP contribution in [0.4, 0.5) is 0 Å². The van der Waals surface area contributed by atoms with E-state index in [9.17, 15) is 18.0 Å². The van der Waals surface area contributed by atoms with Gasteiger partial charge in [-0.3, -0.25) is 9.59 Å². The lowest BCUT2D eigenvalue weighted by atomic mass is 10.1. The molecule has 1 aliphatic heterocycles. The van der Waals surface area contributed by atoms with Gasteiger partial charge in [-0.25, -0.2) is 8.42 Å². The molecule has 0 bridgehead atoms. The molecule has 3 rings (SSSR count). The second-order valence-corrected chi connectivity index (χ2v) is 9.05. The fourth-order valence-corrected chi connectivity index (χ4v) is 4.05. The van der Waals surface area contributed by atoms with Crippen molar-refractivity contribution in [1.29, 1.82) is 0 Å². The number of sulfone groups is 1. The maximum Gasteiger partial charge on any atom is 0.313 e. The molecule has 0 spiro atoms. The van der Waals surface area contributed by atoms with Crippen LogP contribution in [0.15, 0.2) is 43.8 Å². The zero-order chi connectivity index (χ0) is 16.8. The van der Waals surface area contributed by atoms with Crippen molar-refractivity contribution >= 4 is 21.6 Å². The van der Waals surface area contributed by atoms with Crippen molar-refractivity contribution in [1.82, 2.24) is 9.97 Å². The van der Waals surface area contributed by atoms with Crippen molar-refractivity contribution in [3.8, 4) is 5.75 Å². The lowest BCUT2D eigenvalue weighted by molar-refractivity contribution is 0.262. The number of nitrogens with one attached hydrogen (secondary N) is 2. The van der Waals surface area contributed by atoms with Crippen LogP contribution in [0.2, 0.25) is 0 Å². The summed E-state index contributed by atoms with van der Waals surface area (Å²) < 4.78 is 28.3. The average molecular weight is 354 g/mol. The van der Waals surface area contributed by atoms with E-state index in [4.69, 9.17) is 4.74 Å². The fourth-order valence-electron chi connectivity index (χ4n) is 2.24. The molecule has 1 aliphatic rings. The number of hydrogen-bond acceptors (Lipinski definition) is 6. The van der Waals surface area contributed by atoms with E-state index in [1.807, 2.05) is 6.92 Å². The highest BCUT2D eigenvalue weighted by molar-refractivity contribution is 8.00. The Morgan fingerprint density at radius 1 is 1.26 bits per heavy atom. The Kier molecular flexibility index (Phi) is 3.64. The summed E-state index contributed by atoms with van der Waals surface area (Å²) in [5, 5.41) is 0. The van der Waals surface area contributed by atoms with Crippen LogP contribution in [0, 0.1) is 0 Å². The second-order valence-electron chi connectivity index (χ2n) is 5.49. The predicted molar refractivity (Wildman–Crippen MR) is 85.9 cm³/mol. The Balaban J connectivity index is 2.00. The minimum Gasteiger partial charge on any atom is -0.491 e. The summed E-state index contributed by atoms with van der Waals surface area (Å²) in [7, 11) is -3.30. The van der Waals surface area contributed by atoms with E-state index in [2.05, 4.69) is 9.97 Å². The topological polar surface area (TPSA) is 109 Å². The normalized spacial score (nSPS) is 20.6. The van der Waals surface area contributed by atoms with E-state index >= 15 is 0 Å². The molecular weight excluding hydrogens is 340 g/mol. The SMILES string of the molecule is C[C@@]1(c2c[nH]c(=O)c(=O)[nH]2)COc2cc(S(C)(=O)=O)ccc2S1. The monoisotopic (exact) mass is 354 g/mol. The summed E-state index contributed by atoms with van der Waals surface area (Å²) in [6.45, 7) is 2.09. The van der Waals surface area contributed by atoms with E-state index in [0.29, 0.717) is 11.4 Å². The Labute approximate surface area is 136 Å². The number of rotatable bonds is 2. The number of ether oxygens (including phenoxy) is 1. The van der Waals surface area contributed by atoms with Gasteiger partial charge in [0.25, 0.3) is 0 Å². The van der Waals surface area contributed by atoms with Gasteiger partial charge in [0.1, 0.15) is 12.4 Å². The number of aromatic nitrogens is 2. The fraction of sp³-hybridized carbons (Fsp3) is 0.286. The minimum absolute atomic E-state index is 0.193. The van der Waals surface area contributed by atoms with E-state index in [0.717, 1.165) is 11.2 Å². The first-order valence-corrected chi connectivity index (χ1v) is 9.38. The Morgan fingerprint density at radius 2 is 2.00 bits per heavy atom. The van der Waals surface area contributed by atoms with Crippen LogP contribution in [0.1, 0.15) is 12.6 Å². The molecule has 0 unspecified atom stereocenters. The van der Waals surface area contributed by atoms with Crippen LogP contribution in [0.5, 0.6) is 5.75 Å². The first kappa shape index (κ1) is 15.9. The number of benzene rings is 1. The quantitative estimate of drug-likeness (QED) is 0.775. The number of hydrogen-bond donors (Lipinski definition) is 2. The summed E-state index contributed by atoms with van der Waals surface area (Å²) in [4.78, 5) is 28.6. The zero-order valence-electron chi connectivity index (χ0n) is 12.4. The largest absolute Gasteiger partial charge is 0.491 e. The van der Waals surface area contributed by atoms with Crippen LogP contribution in [-0.4, -0.2) is 31.2 Å². The third-order valence-electron chi connectivity index (χ3n) is 3.55. The van der Waals surface area contributed by atoms with Crippen LogP contribution in [0.25, 0.3) is 0 Å². The molecule has 9 heteroatoms. The third kappa shape index (κ3) is 2.93. The van der Waals surface area contributed by atoms with Gasteiger partial charge in [0, 0.05) is 12.5 Å². The van der Waals surface area contributed by atoms with Gasteiger partial charge in [0.2, 0.25) is 0 Å². The molecule has 0 saturated carbocycles. The summed E-state index contributed by atoms with van der Waals surface area (Å²) in [6, 6.07) is 4.69. The molecule has 1 aromatic heterocycles.